The molecular formula is C43H38ClF5N2O5. The van der Waals surface area contributed by atoms with Gasteiger partial charge >= 0.3 is 0 Å². The second-order valence-electron chi connectivity index (χ2n) is 14.1. The van der Waals surface area contributed by atoms with E-state index in [1.165, 1.54) is 0 Å². The monoisotopic (exact) mass is 792 g/mol. The van der Waals surface area contributed by atoms with Crippen molar-refractivity contribution in [1.82, 2.24) is 10.2 Å². The number of carbonyl (C=O) groups excluding carboxylic acids is 1. The molecule has 0 bridgehead atoms. The first-order valence-electron chi connectivity index (χ1n) is 18.1. The number of carbonyl (C=O) groups is 1. The number of nitrogens with zero attached hydrogens (tertiary/aromatic N) is 1. The first-order chi connectivity index (χ1) is 26.9. The minimum absolute atomic E-state index is 0.0696. The number of aliphatic hydroxyl groups is 2. The number of piperidine rings is 1. The van der Waals surface area contributed by atoms with Crippen LogP contribution in [0.15, 0.2) is 97.1 Å². The molecule has 2 heterocycles. The predicted octanol–water partition coefficient (Wildman–Crippen LogP) is 8.65. The Morgan fingerprint density at radius 2 is 1.39 bits per heavy atom. The molecule has 7 nitrogen and oxygen atoms in total. The Labute approximate surface area is 325 Å². The van der Waals surface area contributed by atoms with E-state index >= 15 is 0 Å². The number of amides is 1. The van der Waals surface area contributed by atoms with E-state index in [-0.39, 0.29) is 25.4 Å². The van der Waals surface area contributed by atoms with Crippen molar-refractivity contribution in [2.24, 2.45) is 0 Å². The van der Waals surface area contributed by atoms with Crippen LogP contribution < -0.4 is 5.32 Å². The van der Waals surface area contributed by atoms with Crippen LogP contribution >= 0.6 is 11.6 Å². The maximum absolute atomic E-state index is 14.2. The fraction of sp³-hybridized carbons (Fsp3) is 0.279. The molecule has 2 saturated heterocycles. The molecule has 13 heteroatoms. The van der Waals surface area contributed by atoms with Crippen molar-refractivity contribution in [1.29, 1.82) is 0 Å². The van der Waals surface area contributed by atoms with Crippen LogP contribution in [0.4, 0.5) is 22.0 Å². The highest BCUT2D eigenvalue weighted by Gasteiger charge is 2.37. The van der Waals surface area contributed by atoms with Crippen LogP contribution in [0.2, 0.25) is 5.02 Å². The summed E-state index contributed by atoms with van der Waals surface area (Å²) in [6.07, 6.45) is 0.526. The quantitative estimate of drug-likeness (QED) is 0.0746. The summed E-state index contributed by atoms with van der Waals surface area (Å²) >= 11 is 6.07. The van der Waals surface area contributed by atoms with Gasteiger partial charge in [-0.05, 0) is 64.4 Å². The van der Waals surface area contributed by atoms with E-state index < -0.39 is 52.4 Å². The number of nitrogens with one attached hydrogen (secondary N) is 1. The smallest absolute Gasteiger partial charge is 0.257 e. The van der Waals surface area contributed by atoms with Crippen LogP contribution in [-0.2, 0) is 28.2 Å². The fourth-order valence-corrected chi connectivity index (χ4v) is 7.37. The zero-order chi connectivity index (χ0) is 39.6. The third-order valence-electron chi connectivity index (χ3n) is 10.5. The van der Waals surface area contributed by atoms with E-state index in [9.17, 15) is 37.0 Å². The van der Waals surface area contributed by atoms with Crippen LogP contribution in [0.1, 0.15) is 69.8 Å². The molecule has 2 fully saturated rings. The summed E-state index contributed by atoms with van der Waals surface area (Å²) < 4.78 is 82.2. The molecule has 0 radical (unpaired) electrons. The molecule has 0 aromatic heterocycles. The van der Waals surface area contributed by atoms with Crippen LogP contribution in [0.25, 0.3) is 11.1 Å². The summed E-state index contributed by atoms with van der Waals surface area (Å²) in [5.74, 6) is -12.6. The van der Waals surface area contributed by atoms with E-state index in [0.717, 1.165) is 33.4 Å². The molecular weight excluding hydrogens is 755 g/mol. The molecule has 0 spiro atoms. The maximum Gasteiger partial charge on any atom is 0.257 e. The third kappa shape index (κ3) is 8.51. The lowest BCUT2D eigenvalue weighted by molar-refractivity contribution is -0.253. The van der Waals surface area contributed by atoms with Gasteiger partial charge in [-0.1, -0.05) is 90.5 Å². The number of hydrogen-bond acceptors (Lipinski definition) is 6. The molecule has 2 aliphatic rings. The zero-order valence-electron chi connectivity index (χ0n) is 30.0. The van der Waals surface area contributed by atoms with E-state index in [0.29, 0.717) is 49.5 Å². The molecule has 292 valence electrons. The van der Waals surface area contributed by atoms with Crippen molar-refractivity contribution in [3.63, 3.8) is 0 Å². The van der Waals surface area contributed by atoms with Crippen LogP contribution in [-0.4, -0.2) is 46.8 Å². The molecule has 0 saturated carbocycles. The molecule has 56 heavy (non-hydrogen) atoms. The molecule has 3 atom stereocenters. The first-order valence-corrected chi connectivity index (χ1v) is 18.5. The molecule has 5 aromatic rings. The largest absolute Gasteiger partial charge is 0.392 e. The van der Waals surface area contributed by atoms with Gasteiger partial charge in [0.15, 0.2) is 29.6 Å². The van der Waals surface area contributed by atoms with Gasteiger partial charge in [-0.25, -0.2) is 22.0 Å². The number of hydrogen-bond donors (Lipinski definition) is 3. The molecule has 5 aromatic carbocycles. The van der Waals surface area contributed by atoms with Gasteiger partial charge in [-0.3, -0.25) is 4.79 Å². The highest BCUT2D eigenvalue weighted by Crippen LogP contribution is 2.40. The molecule has 2 aliphatic heterocycles. The number of ether oxygens (including phenoxy) is 2. The summed E-state index contributed by atoms with van der Waals surface area (Å²) in [7, 11) is 0. The Morgan fingerprint density at radius 1 is 0.768 bits per heavy atom. The Hall–Kier alpha value is -4.69. The zero-order valence-corrected chi connectivity index (χ0v) is 30.7. The predicted molar refractivity (Wildman–Crippen MR) is 199 cm³/mol. The average molecular weight is 793 g/mol. The number of likely N-dealkylation sites (tertiary alicyclic amines) is 1. The van der Waals surface area contributed by atoms with Crippen molar-refractivity contribution in [3.8, 4) is 11.1 Å². The SMILES string of the molecule is O=C(NCc1cccc(-c2ccc([C@@H]3O[C@H](CN4CCC(O)(c5ccc(Cl)cc5)CC4)C[C@H](c4ccc(CO)cc4)O3)cc2)c1)c1c(F)c(F)c(F)c(F)c1F. The van der Waals surface area contributed by atoms with Crippen molar-refractivity contribution >= 4 is 17.5 Å². The normalized spacial score (nSPS) is 19.8. The Balaban J connectivity index is 1.04. The van der Waals surface area contributed by atoms with Crippen LogP contribution in [0, 0.1) is 29.1 Å². The van der Waals surface area contributed by atoms with Gasteiger partial charge in [-0.2, -0.15) is 0 Å². The number of benzene rings is 5. The minimum Gasteiger partial charge on any atom is -0.392 e. The highest BCUT2D eigenvalue weighted by molar-refractivity contribution is 6.30. The van der Waals surface area contributed by atoms with Gasteiger partial charge in [0, 0.05) is 43.2 Å². The van der Waals surface area contributed by atoms with E-state index in [1.807, 2.05) is 66.7 Å². The lowest BCUT2D eigenvalue weighted by atomic mass is 9.84. The van der Waals surface area contributed by atoms with Crippen molar-refractivity contribution < 1.29 is 46.4 Å². The van der Waals surface area contributed by atoms with Gasteiger partial charge in [0.25, 0.3) is 5.91 Å². The lowest BCUT2D eigenvalue weighted by Gasteiger charge is -2.42. The average Bonchev–Trinajstić information content (AvgIpc) is 3.22. The number of halogens is 6. The lowest BCUT2D eigenvalue weighted by Crippen LogP contribution is -2.46. The highest BCUT2D eigenvalue weighted by atomic mass is 35.5. The molecule has 3 N–H and O–H groups in total. The maximum atomic E-state index is 14.2. The summed E-state index contributed by atoms with van der Waals surface area (Å²) in [4.78, 5) is 14.8. The summed E-state index contributed by atoms with van der Waals surface area (Å²) in [6.45, 7) is 1.67. The van der Waals surface area contributed by atoms with E-state index in [2.05, 4.69) is 10.2 Å². The molecule has 0 unspecified atom stereocenters. The van der Waals surface area contributed by atoms with Crippen molar-refractivity contribution in [3.05, 3.63) is 165 Å². The first kappa shape index (κ1) is 39.5. The van der Waals surface area contributed by atoms with Crippen molar-refractivity contribution in [2.45, 2.75) is 56.5 Å². The van der Waals surface area contributed by atoms with Crippen molar-refractivity contribution in [2.75, 3.05) is 19.6 Å². The van der Waals surface area contributed by atoms with Gasteiger partial charge in [0.1, 0.15) is 5.56 Å². The molecule has 1 amide bonds. The summed E-state index contributed by atoms with van der Waals surface area (Å²) in [6, 6.07) is 29.4. The number of rotatable bonds is 10. The third-order valence-corrected chi connectivity index (χ3v) is 10.7. The van der Waals surface area contributed by atoms with Gasteiger partial charge in [0.2, 0.25) is 5.82 Å². The van der Waals surface area contributed by atoms with Gasteiger partial charge < -0.3 is 29.9 Å². The van der Waals surface area contributed by atoms with Crippen LogP contribution in [0.5, 0.6) is 0 Å². The second kappa shape index (κ2) is 16.8. The minimum atomic E-state index is -2.34. The van der Waals surface area contributed by atoms with E-state index in [4.69, 9.17) is 21.1 Å². The van der Waals surface area contributed by atoms with Crippen LogP contribution in [0.3, 0.4) is 0 Å². The summed E-state index contributed by atoms with van der Waals surface area (Å²) in [5, 5.41) is 23.8. The standard InChI is InChI=1S/C43H38ClF5N2O5/c44-32-14-12-31(13-15-32)43(54)16-18-51(19-17-43)23-33-21-34(28-6-4-25(24-52)5-7-28)56-42(55-33)29-10-8-27(9-11-29)30-3-1-2-26(20-30)22-50-41(53)35-36(45)38(47)40(49)39(48)37(35)46/h1-15,20,33-34,42,52,54H,16-19,21-24H2,(H,50,53)/t33-,34+,42+/m0/s1. The Bertz CT molecular complexity index is 2150. The van der Waals surface area contributed by atoms with Gasteiger partial charge in [0.05, 0.1) is 24.4 Å². The fourth-order valence-electron chi connectivity index (χ4n) is 7.24. The summed E-state index contributed by atoms with van der Waals surface area (Å²) in [5.41, 5.74) is 2.95. The molecule has 7 rings (SSSR count). The topological polar surface area (TPSA) is 91.3 Å². The second-order valence-corrected chi connectivity index (χ2v) is 14.6. The Morgan fingerprint density at radius 3 is 2.04 bits per heavy atom. The number of aliphatic hydroxyl groups excluding tert-OH is 1. The van der Waals surface area contributed by atoms with Gasteiger partial charge in [-0.15, -0.1) is 0 Å². The van der Waals surface area contributed by atoms with E-state index in [1.54, 1.807) is 30.3 Å². The molecule has 0 aliphatic carbocycles. The Kier molecular flexibility index (Phi) is 11.9.